The Morgan fingerprint density at radius 2 is 1.47 bits per heavy atom. The first-order valence-corrected chi connectivity index (χ1v) is 6.69. The van der Waals surface area contributed by atoms with Crippen molar-refractivity contribution in [1.82, 2.24) is 8.61 Å². The van der Waals surface area contributed by atoms with E-state index in [-0.39, 0.29) is 0 Å². The lowest BCUT2D eigenvalue weighted by molar-refractivity contribution is 0.368. The highest BCUT2D eigenvalue weighted by Gasteiger charge is 2.25. The third-order valence-electron chi connectivity index (χ3n) is 2.16. The second-order valence-corrected chi connectivity index (χ2v) is 5.40. The molecule has 0 rings (SSSR count). The summed E-state index contributed by atoms with van der Waals surface area (Å²) in [7, 11) is -3.30. The molecule has 5 heteroatoms. The zero-order valence-corrected chi connectivity index (χ0v) is 11.0. The number of likely N-dealkylation sites (N-methyl/N-ethyl adjacent to an activating group) is 1. The quantitative estimate of drug-likeness (QED) is 0.626. The van der Waals surface area contributed by atoms with Crippen LogP contribution in [0.25, 0.3) is 0 Å². The summed E-state index contributed by atoms with van der Waals surface area (Å²) in [5.74, 6) is 0. The molecule has 0 aromatic rings. The van der Waals surface area contributed by atoms with E-state index in [1.807, 2.05) is 27.7 Å². The molecule has 15 heavy (non-hydrogen) atoms. The summed E-state index contributed by atoms with van der Waals surface area (Å²) in [5.41, 5.74) is 0.854. The van der Waals surface area contributed by atoms with E-state index < -0.39 is 10.2 Å². The van der Waals surface area contributed by atoms with Crippen LogP contribution in [0.5, 0.6) is 0 Å². The molecule has 0 spiro atoms. The van der Waals surface area contributed by atoms with E-state index in [9.17, 15) is 8.42 Å². The minimum absolute atomic E-state index is 0.398. The van der Waals surface area contributed by atoms with Gasteiger partial charge in [0.15, 0.2) is 0 Å². The van der Waals surface area contributed by atoms with Crippen LogP contribution in [-0.4, -0.2) is 43.2 Å². The molecule has 0 aromatic heterocycles. The van der Waals surface area contributed by atoms with Crippen LogP contribution in [0.15, 0.2) is 12.2 Å². The van der Waals surface area contributed by atoms with Gasteiger partial charge in [0.2, 0.25) is 0 Å². The van der Waals surface area contributed by atoms with Gasteiger partial charge in [-0.1, -0.05) is 32.9 Å². The molecule has 0 saturated heterocycles. The fraction of sp³-hybridized carbons (Fsp3) is 0.800. The van der Waals surface area contributed by atoms with Crippen LogP contribution in [0.1, 0.15) is 27.7 Å². The third kappa shape index (κ3) is 3.93. The molecule has 0 radical (unpaired) electrons. The first-order chi connectivity index (χ1) is 6.89. The van der Waals surface area contributed by atoms with Crippen molar-refractivity contribution < 1.29 is 8.42 Å². The molecule has 0 amide bonds. The van der Waals surface area contributed by atoms with Crippen molar-refractivity contribution in [3.8, 4) is 0 Å². The maximum atomic E-state index is 12.1. The summed E-state index contributed by atoms with van der Waals surface area (Å²) in [5, 5.41) is 0. The molecule has 0 atom stereocenters. The lowest BCUT2D eigenvalue weighted by atomic mass is 10.3. The van der Waals surface area contributed by atoms with Gasteiger partial charge in [-0.25, -0.2) is 0 Å². The molecule has 0 saturated carbocycles. The van der Waals surface area contributed by atoms with Gasteiger partial charge in [-0.2, -0.15) is 17.0 Å². The van der Waals surface area contributed by atoms with Crippen molar-refractivity contribution in [2.45, 2.75) is 27.7 Å². The van der Waals surface area contributed by atoms with Crippen molar-refractivity contribution in [1.29, 1.82) is 0 Å². The predicted molar refractivity (Wildman–Crippen MR) is 63.9 cm³/mol. The molecule has 4 nitrogen and oxygen atoms in total. The Kier molecular flexibility index (Phi) is 6.09. The molecule has 0 unspecified atom stereocenters. The van der Waals surface area contributed by atoms with Crippen molar-refractivity contribution in [3.05, 3.63) is 12.2 Å². The Hall–Kier alpha value is -0.390. The zero-order valence-electron chi connectivity index (χ0n) is 10.2. The second-order valence-electron chi connectivity index (χ2n) is 3.48. The zero-order chi connectivity index (χ0) is 12.1. The Morgan fingerprint density at radius 3 is 1.73 bits per heavy atom. The molecule has 0 bridgehead atoms. The van der Waals surface area contributed by atoms with Crippen LogP contribution in [-0.2, 0) is 10.2 Å². The van der Waals surface area contributed by atoms with Gasteiger partial charge >= 0.3 is 0 Å². The smallest absolute Gasteiger partial charge is 0.195 e. The van der Waals surface area contributed by atoms with Crippen molar-refractivity contribution in [2.75, 3.05) is 26.2 Å². The topological polar surface area (TPSA) is 40.6 Å². The number of nitrogens with zero attached hydrogens (tertiary/aromatic N) is 2. The molecule has 0 fully saturated rings. The van der Waals surface area contributed by atoms with Crippen LogP contribution in [0.2, 0.25) is 0 Å². The average molecular weight is 234 g/mol. The normalized spacial score (nSPS) is 12.4. The Balaban J connectivity index is 4.87. The number of hydrogen-bond donors (Lipinski definition) is 0. The molecule has 0 aliphatic rings. The van der Waals surface area contributed by atoms with E-state index in [2.05, 4.69) is 6.58 Å². The molecule has 0 aliphatic heterocycles. The minimum Gasteiger partial charge on any atom is -0.195 e. The fourth-order valence-corrected chi connectivity index (χ4v) is 3.06. The highest BCUT2D eigenvalue weighted by atomic mass is 32.2. The monoisotopic (exact) mass is 234 g/mol. The van der Waals surface area contributed by atoms with Gasteiger partial charge in [-0.15, -0.1) is 0 Å². The van der Waals surface area contributed by atoms with Crippen LogP contribution < -0.4 is 0 Å². The van der Waals surface area contributed by atoms with Gasteiger partial charge in [0, 0.05) is 26.2 Å². The maximum Gasteiger partial charge on any atom is 0.282 e. The third-order valence-corrected chi connectivity index (χ3v) is 4.37. The summed E-state index contributed by atoms with van der Waals surface area (Å²) in [6.07, 6.45) is 0. The highest BCUT2D eigenvalue weighted by Crippen LogP contribution is 2.09. The average Bonchev–Trinajstić information content (AvgIpc) is 2.15. The Bertz CT molecular complexity index is 295. The first kappa shape index (κ1) is 14.6. The maximum absolute atomic E-state index is 12.1. The minimum atomic E-state index is -3.30. The molecular weight excluding hydrogens is 212 g/mol. The molecular formula is C10H22N2O2S. The number of hydrogen-bond acceptors (Lipinski definition) is 2. The molecule has 0 heterocycles. The van der Waals surface area contributed by atoms with E-state index in [1.54, 1.807) is 0 Å². The van der Waals surface area contributed by atoms with Gasteiger partial charge in [0.05, 0.1) is 0 Å². The standard InChI is InChI=1S/C10H22N2O2S/c1-6-11(7-2)15(13,14)12(8-3)9-10(4)5/h4,6-9H2,1-3,5H3. The van der Waals surface area contributed by atoms with Crippen LogP contribution >= 0.6 is 0 Å². The van der Waals surface area contributed by atoms with E-state index >= 15 is 0 Å². The van der Waals surface area contributed by atoms with Crippen LogP contribution in [0, 0.1) is 0 Å². The predicted octanol–water partition coefficient (Wildman–Crippen LogP) is 1.47. The van der Waals surface area contributed by atoms with Gasteiger partial charge in [0.25, 0.3) is 10.2 Å². The second kappa shape index (κ2) is 6.25. The fourth-order valence-electron chi connectivity index (χ4n) is 1.37. The molecule has 0 aliphatic carbocycles. The van der Waals surface area contributed by atoms with E-state index in [1.165, 1.54) is 8.61 Å². The molecule has 0 aromatic carbocycles. The summed E-state index contributed by atoms with van der Waals surface area (Å²) < 4.78 is 27.0. The summed E-state index contributed by atoms with van der Waals surface area (Å²) in [4.78, 5) is 0. The lowest BCUT2D eigenvalue weighted by Gasteiger charge is -2.27. The number of rotatable bonds is 7. The SMILES string of the molecule is C=C(C)CN(CC)S(=O)(=O)N(CC)CC. The summed E-state index contributed by atoms with van der Waals surface area (Å²) in [6, 6.07) is 0. The van der Waals surface area contributed by atoms with Crippen molar-refractivity contribution in [3.63, 3.8) is 0 Å². The van der Waals surface area contributed by atoms with Gasteiger partial charge in [0.1, 0.15) is 0 Å². The summed E-state index contributed by atoms with van der Waals surface area (Å²) >= 11 is 0. The Morgan fingerprint density at radius 1 is 1.07 bits per heavy atom. The van der Waals surface area contributed by atoms with Crippen molar-refractivity contribution >= 4 is 10.2 Å². The molecule has 90 valence electrons. The lowest BCUT2D eigenvalue weighted by Crippen LogP contribution is -2.44. The van der Waals surface area contributed by atoms with Crippen LogP contribution in [0.4, 0.5) is 0 Å². The molecule has 0 N–H and O–H groups in total. The largest absolute Gasteiger partial charge is 0.282 e. The first-order valence-electron chi connectivity index (χ1n) is 5.29. The van der Waals surface area contributed by atoms with E-state index in [0.29, 0.717) is 26.2 Å². The van der Waals surface area contributed by atoms with Crippen molar-refractivity contribution in [2.24, 2.45) is 0 Å². The van der Waals surface area contributed by atoms with Gasteiger partial charge < -0.3 is 0 Å². The van der Waals surface area contributed by atoms with Gasteiger partial charge in [-0.3, -0.25) is 0 Å². The van der Waals surface area contributed by atoms with E-state index in [0.717, 1.165) is 5.57 Å². The van der Waals surface area contributed by atoms with Gasteiger partial charge in [-0.05, 0) is 6.92 Å². The van der Waals surface area contributed by atoms with E-state index in [4.69, 9.17) is 0 Å². The van der Waals surface area contributed by atoms with Crippen LogP contribution in [0.3, 0.4) is 0 Å². The Labute approximate surface area is 93.7 Å². The highest BCUT2D eigenvalue weighted by molar-refractivity contribution is 7.86. The summed E-state index contributed by atoms with van der Waals surface area (Å²) in [6.45, 7) is 13.0.